The molecule has 2 N–H and O–H groups in total. The largest absolute Gasteiger partial charge is 0.303 e. The van der Waals surface area contributed by atoms with Crippen molar-refractivity contribution in [1.29, 1.82) is 0 Å². The maximum atomic E-state index is 6.12. The first-order valence-corrected chi connectivity index (χ1v) is 6.24. The number of halogens is 2. The van der Waals surface area contributed by atoms with Gasteiger partial charge in [-0.1, -0.05) is 38.8 Å². The van der Waals surface area contributed by atoms with Crippen LogP contribution in [-0.4, -0.2) is 20.6 Å². The van der Waals surface area contributed by atoms with E-state index in [1.165, 1.54) is 0 Å². The average Bonchev–Trinajstić information content (AvgIpc) is 2.81. The zero-order valence-electron chi connectivity index (χ0n) is 9.11. The van der Waals surface area contributed by atoms with E-state index in [4.69, 9.17) is 11.6 Å². The van der Waals surface area contributed by atoms with Crippen LogP contribution in [0.3, 0.4) is 0 Å². The molecule has 0 bridgehead atoms. The van der Waals surface area contributed by atoms with Gasteiger partial charge in [0, 0.05) is 16.0 Å². The molecule has 1 atom stereocenters. The Labute approximate surface area is 112 Å². The van der Waals surface area contributed by atoms with Gasteiger partial charge in [0.25, 0.3) is 0 Å². The van der Waals surface area contributed by atoms with E-state index in [0.29, 0.717) is 12.4 Å². The molecule has 0 fully saturated rings. The first-order chi connectivity index (χ1) is 8.16. The molecule has 0 saturated heterocycles. The fourth-order valence-electron chi connectivity index (χ4n) is 1.37. The predicted molar refractivity (Wildman–Crippen MR) is 68.6 cm³/mol. The van der Waals surface area contributed by atoms with E-state index < -0.39 is 0 Å². The number of H-pyrrole nitrogens is 1. The number of hydrogen-bond acceptors (Lipinski definition) is 4. The number of aromatic nitrogens is 4. The van der Waals surface area contributed by atoms with Gasteiger partial charge in [-0.05, 0) is 24.6 Å². The third-order valence-electron chi connectivity index (χ3n) is 2.36. The molecule has 0 spiro atoms. The van der Waals surface area contributed by atoms with Crippen LogP contribution in [0.1, 0.15) is 24.4 Å². The summed E-state index contributed by atoms with van der Waals surface area (Å²) in [5.74, 6) is 0.637. The van der Waals surface area contributed by atoms with Crippen molar-refractivity contribution in [3.05, 3.63) is 39.1 Å². The van der Waals surface area contributed by atoms with E-state index >= 15 is 0 Å². The Morgan fingerprint density at radius 1 is 1.53 bits per heavy atom. The molecule has 1 unspecified atom stereocenters. The van der Waals surface area contributed by atoms with Gasteiger partial charge in [-0.3, -0.25) is 0 Å². The highest BCUT2D eigenvalue weighted by atomic mass is 79.9. The number of aromatic amines is 1. The molecule has 1 aromatic carbocycles. The van der Waals surface area contributed by atoms with Crippen molar-refractivity contribution in [2.24, 2.45) is 0 Å². The summed E-state index contributed by atoms with van der Waals surface area (Å²) in [5.41, 5.74) is 1.03. The fraction of sp³-hybridized carbons (Fsp3) is 0.300. The zero-order valence-corrected chi connectivity index (χ0v) is 11.5. The topological polar surface area (TPSA) is 66.5 Å². The standard InChI is InChI=1S/C10H11BrClN5/c1-6(10-14-16-17-15-10)13-5-7-2-3-8(11)4-9(7)12/h2-4,6,13H,5H2,1H3,(H,14,15,16,17). The number of tetrazole rings is 1. The lowest BCUT2D eigenvalue weighted by Gasteiger charge is -2.11. The van der Waals surface area contributed by atoms with Crippen LogP contribution in [0.2, 0.25) is 5.02 Å². The van der Waals surface area contributed by atoms with E-state index in [1.54, 1.807) is 0 Å². The molecule has 17 heavy (non-hydrogen) atoms. The smallest absolute Gasteiger partial charge is 0.191 e. The SMILES string of the molecule is CC(NCc1ccc(Br)cc1Cl)c1nn[nH]n1. The zero-order chi connectivity index (χ0) is 12.3. The van der Waals surface area contributed by atoms with Gasteiger partial charge < -0.3 is 5.32 Å². The molecule has 1 heterocycles. The fourth-order valence-corrected chi connectivity index (χ4v) is 2.11. The molecule has 0 aliphatic carbocycles. The average molecular weight is 317 g/mol. The van der Waals surface area contributed by atoms with Crippen molar-refractivity contribution in [2.75, 3.05) is 0 Å². The number of nitrogens with one attached hydrogen (secondary N) is 2. The normalized spacial score (nSPS) is 12.6. The van der Waals surface area contributed by atoms with E-state index in [9.17, 15) is 0 Å². The number of nitrogens with zero attached hydrogens (tertiary/aromatic N) is 3. The second kappa shape index (κ2) is 5.57. The minimum Gasteiger partial charge on any atom is -0.303 e. The molecule has 1 aromatic heterocycles. The lowest BCUT2D eigenvalue weighted by atomic mass is 10.2. The van der Waals surface area contributed by atoms with Crippen LogP contribution in [0.4, 0.5) is 0 Å². The van der Waals surface area contributed by atoms with Crippen LogP contribution in [0, 0.1) is 0 Å². The van der Waals surface area contributed by atoms with Crippen molar-refractivity contribution in [2.45, 2.75) is 19.5 Å². The second-order valence-corrected chi connectivity index (χ2v) is 4.93. The maximum absolute atomic E-state index is 6.12. The van der Waals surface area contributed by atoms with E-state index in [1.807, 2.05) is 25.1 Å². The Morgan fingerprint density at radius 2 is 2.35 bits per heavy atom. The molecule has 0 aliphatic heterocycles. The Balaban J connectivity index is 1.98. The number of rotatable bonds is 4. The van der Waals surface area contributed by atoms with Crippen LogP contribution in [0.25, 0.3) is 0 Å². The molecular weight excluding hydrogens is 306 g/mol. The Kier molecular flexibility index (Phi) is 4.09. The minimum atomic E-state index is 0.0217. The summed E-state index contributed by atoms with van der Waals surface area (Å²) in [6.07, 6.45) is 0. The summed E-state index contributed by atoms with van der Waals surface area (Å²) in [7, 11) is 0. The Bertz CT molecular complexity index is 487. The Morgan fingerprint density at radius 3 is 3.00 bits per heavy atom. The van der Waals surface area contributed by atoms with Gasteiger partial charge in [0.1, 0.15) is 0 Å². The molecule has 0 radical (unpaired) electrons. The molecule has 0 amide bonds. The van der Waals surface area contributed by atoms with E-state index in [-0.39, 0.29) is 6.04 Å². The minimum absolute atomic E-state index is 0.0217. The van der Waals surface area contributed by atoms with Gasteiger partial charge >= 0.3 is 0 Å². The van der Waals surface area contributed by atoms with Gasteiger partial charge in [0.05, 0.1) is 6.04 Å². The van der Waals surface area contributed by atoms with Gasteiger partial charge in [0.15, 0.2) is 5.82 Å². The first-order valence-electron chi connectivity index (χ1n) is 5.07. The van der Waals surface area contributed by atoms with Gasteiger partial charge in [-0.25, -0.2) is 0 Å². The molecule has 0 aliphatic rings. The molecular formula is C10H11BrClN5. The van der Waals surface area contributed by atoms with Crippen molar-refractivity contribution in [3.8, 4) is 0 Å². The highest BCUT2D eigenvalue weighted by Crippen LogP contribution is 2.21. The van der Waals surface area contributed by atoms with Crippen LogP contribution in [-0.2, 0) is 6.54 Å². The number of hydrogen-bond donors (Lipinski definition) is 2. The summed E-state index contributed by atoms with van der Waals surface area (Å²) in [6.45, 7) is 2.62. The number of benzene rings is 1. The van der Waals surface area contributed by atoms with Crippen molar-refractivity contribution < 1.29 is 0 Å². The van der Waals surface area contributed by atoms with Crippen LogP contribution < -0.4 is 5.32 Å². The monoisotopic (exact) mass is 315 g/mol. The Hall–Kier alpha value is -0.980. The summed E-state index contributed by atoms with van der Waals surface area (Å²) in [4.78, 5) is 0. The van der Waals surface area contributed by atoms with Gasteiger partial charge in [-0.15, -0.1) is 10.2 Å². The van der Waals surface area contributed by atoms with E-state index in [0.717, 1.165) is 15.1 Å². The van der Waals surface area contributed by atoms with Crippen molar-refractivity contribution in [3.63, 3.8) is 0 Å². The molecule has 2 aromatic rings. The summed E-state index contributed by atoms with van der Waals surface area (Å²) >= 11 is 9.49. The third-order valence-corrected chi connectivity index (χ3v) is 3.21. The first kappa shape index (κ1) is 12.5. The molecule has 0 saturated carbocycles. The molecule has 5 nitrogen and oxygen atoms in total. The van der Waals surface area contributed by atoms with Crippen LogP contribution >= 0.6 is 27.5 Å². The summed E-state index contributed by atoms with van der Waals surface area (Å²) < 4.78 is 0.970. The highest BCUT2D eigenvalue weighted by molar-refractivity contribution is 9.10. The van der Waals surface area contributed by atoms with Crippen LogP contribution in [0.5, 0.6) is 0 Å². The lowest BCUT2D eigenvalue weighted by molar-refractivity contribution is 0.547. The highest BCUT2D eigenvalue weighted by Gasteiger charge is 2.10. The maximum Gasteiger partial charge on any atom is 0.191 e. The molecule has 7 heteroatoms. The predicted octanol–water partition coefficient (Wildman–Crippen LogP) is 2.47. The van der Waals surface area contributed by atoms with E-state index in [2.05, 4.69) is 41.9 Å². The molecule has 90 valence electrons. The van der Waals surface area contributed by atoms with Crippen molar-refractivity contribution >= 4 is 27.5 Å². The second-order valence-electron chi connectivity index (χ2n) is 3.61. The molecule has 2 rings (SSSR count). The quantitative estimate of drug-likeness (QED) is 0.909. The van der Waals surface area contributed by atoms with Gasteiger partial charge in [0.2, 0.25) is 0 Å². The van der Waals surface area contributed by atoms with Crippen LogP contribution in [0.15, 0.2) is 22.7 Å². The third kappa shape index (κ3) is 3.24. The summed E-state index contributed by atoms with van der Waals surface area (Å²) in [5, 5.41) is 17.8. The lowest BCUT2D eigenvalue weighted by Crippen LogP contribution is -2.19. The van der Waals surface area contributed by atoms with Crippen molar-refractivity contribution in [1.82, 2.24) is 25.9 Å². The van der Waals surface area contributed by atoms with Gasteiger partial charge in [-0.2, -0.15) is 5.21 Å². The summed E-state index contributed by atoms with van der Waals surface area (Å²) in [6, 6.07) is 5.83.